The fourth-order valence-electron chi connectivity index (χ4n) is 9.10. The third-order valence-corrected chi connectivity index (χ3v) is 14.2. The zero-order chi connectivity index (χ0) is 36.9. The Labute approximate surface area is 317 Å². The van der Waals surface area contributed by atoms with Gasteiger partial charge in [0.25, 0.3) is 11.8 Å². The van der Waals surface area contributed by atoms with Crippen LogP contribution in [0.4, 0.5) is 5.69 Å². The molecule has 2 aliphatic carbocycles. The van der Waals surface area contributed by atoms with E-state index in [1.54, 1.807) is 25.4 Å². The zero-order valence-electron chi connectivity index (χ0n) is 30.7. The Balaban J connectivity index is 1.18. The van der Waals surface area contributed by atoms with Crippen LogP contribution in [0.1, 0.15) is 83.5 Å². The monoisotopic (exact) mass is 760 g/mol. The van der Waals surface area contributed by atoms with Crippen LogP contribution in [-0.2, 0) is 44.4 Å². The lowest BCUT2D eigenvalue weighted by molar-refractivity contribution is 0.0131. The van der Waals surface area contributed by atoms with Crippen LogP contribution >= 0.6 is 11.6 Å². The van der Waals surface area contributed by atoms with Gasteiger partial charge in [0.1, 0.15) is 15.7 Å². The Morgan fingerprint density at radius 2 is 2.00 bits per heavy atom. The summed E-state index contributed by atoms with van der Waals surface area (Å²) < 4.78 is 42.2. The van der Waals surface area contributed by atoms with Crippen molar-refractivity contribution >= 4 is 39.0 Å². The third-order valence-electron chi connectivity index (χ3n) is 12.0. The molecule has 1 aromatic heterocycles. The Bertz CT molecular complexity index is 2070. The number of nitrogens with one attached hydrogen (secondary N) is 1. The molecule has 10 nitrogen and oxygen atoms in total. The number of amides is 2. The van der Waals surface area contributed by atoms with E-state index in [-0.39, 0.29) is 29.3 Å². The number of aromatic nitrogens is 1. The van der Waals surface area contributed by atoms with Crippen LogP contribution in [0.2, 0.25) is 5.02 Å². The standard InChI is InChI=1S/C41H49ClN4O6S/c1-26-6-4-8-37(50-3)34-12-9-30(34)20-46-24-41(15-5-7-28-16-32(42)11-13-35(28)41)25-52-38-14-10-29(18-36(38)46)39(47)43-53(49,23-26)44-40(48)31-17-33-22-51-27(2)19-45(33)21-31/h4,8,10-11,13-14,16-18,21,26-27,30,34,37H,5-7,9,12,15,19-20,22-25H2,1-3H3,(H,43,44,47,48,49)/b8-4+/t26-,27+,30-,34+,37-,41-,53-/m0/s1. The van der Waals surface area contributed by atoms with Gasteiger partial charge in [-0.25, -0.2) is 4.21 Å². The van der Waals surface area contributed by atoms with Crippen molar-refractivity contribution in [2.75, 3.05) is 37.5 Å². The maximum absolute atomic E-state index is 14.7. The topological polar surface area (TPSA) is 111 Å². The molecule has 8 rings (SSSR count). The van der Waals surface area contributed by atoms with Crippen LogP contribution in [-0.4, -0.2) is 65.4 Å². The predicted molar refractivity (Wildman–Crippen MR) is 206 cm³/mol. The van der Waals surface area contributed by atoms with Gasteiger partial charge in [-0.2, -0.15) is 0 Å². The highest BCUT2D eigenvalue weighted by molar-refractivity contribution is 7.92. The molecule has 1 spiro atoms. The van der Waals surface area contributed by atoms with Crippen molar-refractivity contribution in [3.63, 3.8) is 0 Å². The summed E-state index contributed by atoms with van der Waals surface area (Å²) >= 11 is 6.47. The SMILES string of the molecule is CO[C@H]1/C=C/C[C@H](C)C[S@@](=O)(NC(=O)c2cc3n(c2)C[C@@H](C)OC3)=NC(=O)c2ccc3c(c2)N(C[C@@H]2CC[C@H]21)C[C@@]1(CCCc2cc(Cl)ccc21)CO3. The second kappa shape index (κ2) is 14.5. The molecule has 2 amide bonds. The molecular weight excluding hydrogens is 712 g/mol. The minimum Gasteiger partial charge on any atom is -0.490 e. The second-order valence-electron chi connectivity index (χ2n) is 15.9. The number of hydrogen-bond acceptors (Lipinski definition) is 7. The van der Waals surface area contributed by atoms with Crippen LogP contribution in [0.3, 0.4) is 0 Å². The fourth-order valence-corrected chi connectivity index (χ4v) is 11.2. The van der Waals surface area contributed by atoms with Gasteiger partial charge >= 0.3 is 0 Å². The number of allylic oxidation sites excluding steroid dienone is 1. The number of carbonyl (C=O) groups is 2. The average Bonchev–Trinajstić information content (AvgIpc) is 3.48. The summed E-state index contributed by atoms with van der Waals surface area (Å²) in [4.78, 5) is 30.2. The molecule has 5 aliphatic rings. The van der Waals surface area contributed by atoms with Gasteiger partial charge in [0.15, 0.2) is 0 Å². The maximum atomic E-state index is 14.7. The Morgan fingerprint density at radius 3 is 2.81 bits per heavy atom. The van der Waals surface area contributed by atoms with Crippen molar-refractivity contribution in [3.05, 3.63) is 93.8 Å². The molecule has 0 radical (unpaired) electrons. The normalized spacial score (nSPS) is 31.8. The molecule has 282 valence electrons. The molecule has 1 fully saturated rings. The number of nitrogens with zero attached hydrogens (tertiary/aromatic N) is 3. The predicted octanol–water partition coefficient (Wildman–Crippen LogP) is 7.12. The van der Waals surface area contributed by atoms with Gasteiger partial charge in [0, 0.05) is 54.6 Å². The number of halogens is 1. The van der Waals surface area contributed by atoms with E-state index in [4.69, 9.17) is 25.8 Å². The summed E-state index contributed by atoms with van der Waals surface area (Å²) in [6.07, 6.45) is 11.7. The number of anilines is 1. The maximum Gasteiger partial charge on any atom is 0.286 e. The number of rotatable bonds is 3. The summed E-state index contributed by atoms with van der Waals surface area (Å²) in [6, 6.07) is 13.4. The molecule has 3 aromatic rings. The molecule has 53 heavy (non-hydrogen) atoms. The largest absolute Gasteiger partial charge is 0.490 e. The summed E-state index contributed by atoms with van der Waals surface area (Å²) in [5, 5.41) is 0.741. The van der Waals surface area contributed by atoms with E-state index < -0.39 is 21.7 Å². The number of hydrogen-bond donors (Lipinski definition) is 1. The lowest BCUT2D eigenvalue weighted by Crippen LogP contribution is -2.49. The smallest absolute Gasteiger partial charge is 0.286 e. The van der Waals surface area contributed by atoms with Gasteiger partial charge in [-0.05, 0) is 111 Å². The van der Waals surface area contributed by atoms with Crippen molar-refractivity contribution in [2.24, 2.45) is 22.1 Å². The van der Waals surface area contributed by atoms with Crippen LogP contribution in [0, 0.1) is 17.8 Å². The molecule has 1 N–H and O–H groups in total. The zero-order valence-corrected chi connectivity index (χ0v) is 32.3. The molecular formula is C41H49ClN4O6S. The Morgan fingerprint density at radius 1 is 1.13 bits per heavy atom. The number of ether oxygens (including phenoxy) is 3. The highest BCUT2D eigenvalue weighted by Crippen LogP contribution is 2.47. The highest BCUT2D eigenvalue weighted by Gasteiger charge is 2.44. The van der Waals surface area contributed by atoms with Gasteiger partial charge < -0.3 is 23.7 Å². The molecule has 12 heteroatoms. The van der Waals surface area contributed by atoms with Crippen LogP contribution in [0.25, 0.3) is 0 Å². The van der Waals surface area contributed by atoms with E-state index in [1.165, 1.54) is 11.1 Å². The molecule has 7 atom stereocenters. The first kappa shape index (κ1) is 36.3. The number of methoxy groups -OCH3 is 1. The van der Waals surface area contributed by atoms with E-state index >= 15 is 0 Å². The number of fused-ring (bicyclic) bond motifs is 5. The van der Waals surface area contributed by atoms with Crippen molar-refractivity contribution < 1.29 is 28.0 Å². The first-order valence-corrected chi connectivity index (χ1v) is 21.0. The molecule has 0 unspecified atom stereocenters. The molecule has 2 aromatic carbocycles. The minimum atomic E-state index is -3.54. The van der Waals surface area contributed by atoms with Crippen LogP contribution in [0.15, 0.2) is 65.2 Å². The highest BCUT2D eigenvalue weighted by atomic mass is 35.5. The summed E-state index contributed by atoms with van der Waals surface area (Å²) in [7, 11) is -1.77. The number of benzene rings is 2. The van der Waals surface area contributed by atoms with E-state index in [9.17, 15) is 13.8 Å². The van der Waals surface area contributed by atoms with Crippen molar-refractivity contribution in [3.8, 4) is 5.75 Å². The van der Waals surface area contributed by atoms with E-state index in [2.05, 4.69) is 38.3 Å². The molecule has 3 aliphatic heterocycles. The van der Waals surface area contributed by atoms with Gasteiger partial charge in [-0.3, -0.25) is 14.3 Å². The fraction of sp³-hybridized carbons (Fsp3) is 0.512. The van der Waals surface area contributed by atoms with Gasteiger partial charge in [-0.15, -0.1) is 4.36 Å². The van der Waals surface area contributed by atoms with Gasteiger partial charge in [0.2, 0.25) is 0 Å². The average molecular weight is 761 g/mol. The Hall–Kier alpha value is -3.64. The van der Waals surface area contributed by atoms with Crippen molar-refractivity contribution in [2.45, 2.75) is 83.1 Å². The lowest BCUT2D eigenvalue weighted by atomic mass is 9.68. The van der Waals surface area contributed by atoms with Crippen molar-refractivity contribution in [1.29, 1.82) is 0 Å². The molecule has 0 saturated heterocycles. The lowest BCUT2D eigenvalue weighted by Gasteiger charge is -2.46. The van der Waals surface area contributed by atoms with Crippen molar-refractivity contribution in [1.82, 2.24) is 9.29 Å². The van der Waals surface area contributed by atoms with Crippen LogP contribution in [0.5, 0.6) is 5.75 Å². The quantitative estimate of drug-likeness (QED) is 0.283. The number of carbonyl (C=O) groups excluding carboxylic acids is 2. The van der Waals surface area contributed by atoms with Gasteiger partial charge in [0.05, 0.1) is 42.4 Å². The number of aryl methyl sites for hydroxylation is 1. The summed E-state index contributed by atoms with van der Waals surface area (Å²) in [5.74, 6) is 0.134. The van der Waals surface area contributed by atoms with E-state index in [1.807, 2.05) is 36.6 Å². The summed E-state index contributed by atoms with van der Waals surface area (Å²) in [6.45, 7) is 6.96. The Kier molecular flexibility index (Phi) is 9.97. The molecule has 4 heterocycles. The second-order valence-corrected chi connectivity index (χ2v) is 18.3. The molecule has 2 bridgehead atoms. The van der Waals surface area contributed by atoms with Crippen LogP contribution < -0.4 is 14.4 Å². The minimum absolute atomic E-state index is 0.0123. The first-order chi connectivity index (χ1) is 25.5. The summed E-state index contributed by atoms with van der Waals surface area (Å²) in [5.41, 5.74) is 4.64. The first-order valence-electron chi connectivity index (χ1n) is 18.9. The van der Waals surface area contributed by atoms with E-state index in [0.717, 1.165) is 61.6 Å². The van der Waals surface area contributed by atoms with Gasteiger partial charge in [-0.1, -0.05) is 36.7 Å². The molecule has 1 saturated carbocycles. The van der Waals surface area contributed by atoms with E-state index in [0.29, 0.717) is 54.9 Å². The third kappa shape index (κ3) is 7.30.